The quantitative estimate of drug-likeness (QED) is 0.190. The van der Waals surface area contributed by atoms with Crippen LogP contribution < -0.4 is 10.6 Å². The Morgan fingerprint density at radius 3 is 2.18 bits per heavy atom. The monoisotopic (exact) mass is 610 g/mol. The summed E-state index contributed by atoms with van der Waals surface area (Å²) < 4.78 is 0. The summed E-state index contributed by atoms with van der Waals surface area (Å²) in [6.07, 6.45) is 12.6. The maximum absolute atomic E-state index is 13.7. The van der Waals surface area contributed by atoms with Crippen LogP contribution in [0.25, 0.3) is 0 Å². The van der Waals surface area contributed by atoms with E-state index in [2.05, 4.69) is 16.6 Å². The lowest BCUT2D eigenvalue weighted by molar-refractivity contribution is -0.136. The van der Waals surface area contributed by atoms with Gasteiger partial charge in [-0.15, -0.1) is 12.3 Å². The molecule has 3 amide bonds. The summed E-state index contributed by atoms with van der Waals surface area (Å²) >= 11 is 0. The fraction of sp³-hybridized carbons (Fsp3) is 0.686. The number of aliphatic hydroxyl groups is 2. The van der Waals surface area contributed by atoms with Crippen molar-refractivity contribution in [3.8, 4) is 12.3 Å². The number of likely N-dealkylation sites (N-methyl/N-ethyl adjacent to an activating group) is 2. The zero-order valence-electron chi connectivity index (χ0n) is 26.9. The Kier molecular flexibility index (Phi) is 14.7. The van der Waals surface area contributed by atoms with E-state index in [1.165, 1.54) is 6.42 Å². The fourth-order valence-corrected chi connectivity index (χ4v) is 6.07. The van der Waals surface area contributed by atoms with E-state index in [9.17, 15) is 24.6 Å². The van der Waals surface area contributed by atoms with Gasteiger partial charge in [0.2, 0.25) is 17.7 Å². The van der Waals surface area contributed by atoms with Gasteiger partial charge in [-0.25, -0.2) is 0 Å². The van der Waals surface area contributed by atoms with Gasteiger partial charge in [-0.2, -0.15) is 0 Å². The number of amides is 3. The Balaban J connectivity index is 1.72. The van der Waals surface area contributed by atoms with Crippen molar-refractivity contribution in [3.63, 3.8) is 0 Å². The molecule has 2 aliphatic carbocycles. The average Bonchev–Trinajstić information content (AvgIpc) is 3.83. The minimum Gasteiger partial charge on any atom is -0.390 e. The van der Waals surface area contributed by atoms with E-state index >= 15 is 0 Å². The van der Waals surface area contributed by atoms with E-state index in [0.717, 1.165) is 44.1 Å². The molecule has 0 saturated heterocycles. The number of nitrogens with zero attached hydrogens (tertiary/aromatic N) is 2. The van der Waals surface area contributed by atoms with Crippen molar-refractivity contribution in [2.75, 3.05) is 34.2 Å². The molecule has 3 rings (SSSR count). The van der Waals surface area contributed by atoms with Crippen molar-refractivity contribution in [1.82, 2.24) is 20.4 Å². The normalized spacial score (nSPS) is 18.8. The molecule has 9 heteroatoms. The van der Waals surface area contributed by atoms with E-state index in [1.807, 2.05) is 49.3 Å². The predicted octanol–water partition coefficient (Wildman–Crippen LogP) is 2.74. The van der Waals surface area contributed by atoms with E-state index in [1.54, 1.807) is 11.9 Å². The highest BCUT2D eigenvalue weighted by Crippen LogP contribution is 2.35. The van der Waals surface area contributed by atoms with Crippen molar-refractivity contribution in [2.45, 2.75) is 101 Å². The third-order valence-electron chi connectivity index (χ3n) is 9.10. The first-order valence-corrected chi connectivity index (χ1v) is 16.4. The number of benzene rings is 1. The van der Waals surface area contributed by atoms with E-state index in [-0.39, 0.29) is 18.7 Å². The molecule has 9 nitrogen and oxygen atoms in total. The fourth-order valence-electron chi connectivity index (χ4n) is 6.07. The summed E-state index contributed by atoms with van der Waals surface area (Å²) in [6.45, 7) is 1.23. The third kappa shape index (κ3) is 12.2. The zero-order valence-corrected chi connectivity index (χ0v) is 26.9. The molecule has 0 spiro atoms. The molecule has 0 radical (unpaired) electrons. The van der Waals surface area contributed by atoms with Gasteiger partial charge in [0, 0.05) is 33.0 Å². The standard InChI is InChI=1S/C35H54N4O5/c1-5-12-29(35(44)37-30(22-26-15-10-7-11-16-26)33(42)31(40)23-27-17-18-27)36-34(43)28(21-25-13-8-6-9-14-25)24-32(41)39(4)20-19-38(2)3/h1,6,8-9,13-14,26-31,33,40,42H,7,10-12,15-24H2,2-4H3,(H,36,43)(H,37,44)/t28-,29+,30+,31+,33-/m1/s1. The van der Waals surface area contributed by atoms with Gasteiger partial charge in [0.15, 0.2) is 0 Å². The largest absolute Gasteiger partial charge is 0.390 e. The highest BCUT2D eigenvalue weighted by molar-refractivity contribution is 5.91. The van der Waals surface area contributed by atoms with Crippen LogP contribution in [-0.2, 0) is 20.8 Å². The van der Waals surface area contributed by atoms with Gasteiger partial charge in [-0.05, 0) is 50.8 Å². The van der Waals surface area contributed by atoms with Crippen LogP contribution in [0.1, 0.15) is 76.2 Å². The van der Waals surface area contributed by atoms with Crippen LogP contribution in [0.3, 0.4) is 0 Å². The molecule has 2 aliphatic rings. The SMILES string of the molecule is C#CC[C@H](NC(=O)[C@@H](CC(=O)N(C)CCN(C)C)Cc1ccccc1)C(=O)N[C@@H](CC1CCCCC1)[C@@H](O)[C@@H](O)CC1CC1. The molecule has 5 atom stereocenters. The van der Waals surface area contributed by atoms with Crippen molar-refractivity contribution < 1.29 is 24.6 Å². The molecule has 0 bridgehead atoms. The molecule has 0 aliphatic heterocycles. The van der Waals surface area contributed by atoms with Crippen LogP contribution in [0.15, 0.2) is 30.3 Å². The number of nitrogens with one attached hydrogen (secondary N) is 2. The predicted molar refractivity (Wildman–Crippen MR) is 172 cm³/mol. The van der Waals surface area contributed by atoms with E-state index in [0.29, 0.717) is 44.2 Å². The summed E-state index contributed by atoms with van der Waals surface area (Å²) in [5.74, 6) is 1.51. The van der Waals surface area contributed by atoms with Gasteiger partial charge in [0.1, 0.15) is 12.1 Å². The number of carbonyl (C=O) groups excluding carboxylic acids is 3. The summed E-state index contributed by atoms with van der Waals surface area (Å²) in [4.78, 5) is 44.1. The second kappa shape index (κ2) is 18.1. The minimum absolute atomic E-state index is 0.00851. The van der Waals surface area contributed by atoms with Gasteiger partial charge in [0.25, 0.3) is 0 Å². The summed E-state index contributed by atoms with van der Waals surface area (Å²) in [6, 6.07) is 7.81. The van der Waals surface area contributed by atoms with Gasteiger partial charge < -0.3 is 30.6 Å². The molecule has 1 aromatic rings. The van der Waals surface area contributed by atoms with Crippen molar-refractivity contribution in [2.24, 2.45) is 17.8 Å². The van der Waals surface area contributed by atoms with Gasteiger partial charge in [-0.3, -0.25) is 14.4 Å². The summed E-state index contributed by atoms with van der Waals surface area (Å²) in [5.41, 5.74) is 0.912. The van der Waals surface area contributed by atoms with Crippen LogP contribution in [0.5, 0.6) is 0 Å². The van der Waals surface area contributed by atoms with E-state index in [4.69, 9.17) is 6.42 Å². The van der Waals surface area contributed by atoms with Crippen LogP contribution in [0.2, 0.25) is 0 Å². The number of terminal acetylenes is 1. The highest BCUT2D eigenvalue weighted by Gasteiger charge is 2.36. The molecule has 0 unspecified atom stereocenters. The molecule has 0 heterocycles. The van der Waals surface area contributed by atoms with Crippen LogP contribution in [-0.4, -0.2) is 96.3 Å². The number of carbonyl (C=O) groups is 3. The first kappa shape index (κ1) is 35.5. The number of rotatable bonds is 18. The van der Waals surface area contributed by atoms with Crippen LogP contribution in [0, 0.1) is 30.1 Å². The van der Waals surface area contributed by atoms with Crippen molar-refractivity contribution in [3.05, 3.63) is 35.9 Å². The minimum atomic E-state index is -1.11. The summed E-state index contributed by atoms with van der Waals surface area (Å²) in [5, 5.41) is 27.8. The number of hydrogen-bond acceptors (Lipinski definition) is 6. The molecule has 244 valence electrons. The number of aliphatic hydroxyl groups excluding tert-OH is 2. The van der Waals surface area contributed by atoms with E-state index < -0.39 is 42.0 Å². The van der Waals surface area contributed by atoms with Crippen molar-refractivity contribution >= 4 is 17.7 Å². The maximum atomic E-state index is 13.7. The lowest BCUT2D eigenvalue weighted by atomic mass is 9.82. The lowest BCUT2D eigenvalue weighted by Gasteiger charge is -2.33. The molecule has 2 saturated carbocycles. The molecule has 2 fully saturated rings. The Morgan fingerprint density at radius 1 is 0.909 bits per heavy atom. The second-order valence-corrected chi connectivity index (χ2v) is 13.3. The van der Waals surface area contributed by atoms with Crippen molar-refractivity contribution in [1.29, 1.82) is 0 Å². The molecule has 0 aromatic heterocycles. The van der Waals surface area contributed by atoms with Gasteiger partial charge >= 0.3 is 0 Å². The lowest BCUT2D eigenvalue weighted by Crippen LogP contribution is -2.56. The average molecular weight is 611 g/mol. The maximum Gasteiger partial charge on any atom is 0.243 e. The number of hydrogen-bond donors (Lipinski definition) is 4. The van der Waals surface area contributed by atoms with Gasteiger partial charge in [0.05, 0.1) is 18.1 Å². The topological polar surface area (TPSA) is 122 Å². The second-order valence-electron chi connectivity index (χ2n) is 13.3. The molecule has 44 heavy (non-hydrogen) atoms. The molecule has 1 aromatic carbocycles. The van der Waals surface area contributed by atoms with Crippen LogP contribution >= 0.6 is 0 Å². The summed E-state index contributed by atoms with van der Waals surface area (Å²) in [7, 11) is 5.60. The Morgan fingerprint density at radius 2 is 1.57 bits per heavy atom. The molecule has 4 N–H and O–H groups in total. The highest BCUT2D eigenvalue weighted by atomic mass is 16.3. The smallest absolute Gasteiger partial charge is 0.243 e. The Bertz CT molecular complexity index is 1080. The zero-order chi connectivity index (χ0) is 32.1. The first-order chi connectivity index (χ1) is 21.1. The molecular weight excluding hydrogens is 556 g/mol. The van der Waals surface area contributed by atoms with Gasteiger partial charge in [-0.1, -0.05) is 75.3 Å². The third-order valence-corrected chi connectivity index (χ3v) is 9.10. The van der Waals surface area contributed by atoms with Crippen LogP contribution in [0.4, 0.5) is 0 Å². The Labute approximate surface area is 264 Å². The Hall–Kier alpha value is -2.93. The first-order valence-electron chi connectivity index (χ1n) is 16.4. The molecular formula is C35H54N4O5.